The third-order valence-electron chi connectivity index (χ3n) is 9.82. The minimum Gasteiger partial charge on any atom is -0.455 e. The molecular weight excluding hydrogens is 619 g/mol. The third kappa shape index (κ3) is 3.85. The van der Waals surface area contributed by atoms with Gasteiger partial charge in [0.1, 0.15) is 11.2 Å². The van der Waals surface area contributed by atoms with E-state index in [0.717, 1.165) is 86.9 Å². The van der Waals surface area contributed by atoms with E-state index >= 15 is 0 Å². The van der Waals surface area contributed by atoms with Crippen LogP contribution in [0.15, 0.2) is 156 Å². The molecule has 0 atom stereocenters. The van der Waals surface area contributed by atoms with Gasteiger partial charge in [-0.15, -0.1) is 11.3 Å². The molecule has 0 amide bonds. The Labute approximate surface area is 284 Å². The van der Waals surface area contributed by atoms with Crippen molar-refractivity contribution in [3.05, 3.63) is 152 Å². The molecule has 0 aliphatic carbocycles. The first kappa shape index (κ1) is 26.7. The van der Waals surface area contributed by atoms with Gasteiger partial charge in [0.25, 0.3) is 0 Å². The van der Waals surface area contributed by atoms with Crippen LogP contribution >= 0.6 is 11.3 Å². The van der Waals surface area contributed by atoms with Crippen molar-refractivity contribution in [1.82, 2.24) is 14.5 Å². The lowest BCUT2D eigenvalue weighted by Gasteiger charge is -2.10. The van der Waals surface area contributed by atoms with Crippen molar-refractivity contribution in [1.29, 1.82) is 0 Å². The van der Waals surface area contributed by atoms with Crippen LogP contribution in [0.25, 0.3) is 103 Å². The average Bonchev–Trinajstić information content (AvgIpc) is 3.84. The molecule has 0 saturated heterocycles. The second kappa shape index (κ2) is 10.1. The van der Waals surface area contributed by atoms with Crippen LogP contribution in [0, 0.1) is 0 Å². The number of hydrogen-bond donors (Lipinski definition) is 0. The van der Waals surface area contributed by atoms with Gasteiger partial charge in [0.2, 0.25) is 5.95 Å². The molecule has 4 heterocycles. The fourth-order valence-electron chi connectivity index (χ4n) is 7.56. The van der Waals surface area contributed by atoms with Gasteiger partial charge in [-0.3, -0.25) is 4.57 Å². The minimum atomic E-state index is 0.642. The van der Waals surface area contributed by atoms with Gasteiger partial charge in [0.15, 0.2) is 0 Å². The van der Waals surface area contributed by atoms with Gasteiger partial charge in [-0.25, -0.2) is 9.97 Å². The molecule has 0 N–H and O–H groups in total. The van der Waals surface area contributed by atoms with Crippen molar-refractivity contribution in [2.75, 3.05) is 0 Å². The number of benzene rings is 7. The van der Waals surface area contributed by atoms with Crippen molar-refractivity contribution in [3.63, 3.8) is 0 Å². The van der Waals surface area contributed by atoms with Crippen molar-refractivity contribution < 1.29 is 4.42 Å². The lowest BCUT2D eigenvalue weighted by Crippen LogP contribution is -2.02. The van der Waals surface area contributed by atoms with Gasteiger partial charge >= 0.3 is 0 Å². The molecule has 11 aromatic rings. The summed E-state index contributed by atoms with van der Waals surface area (Å²) in [7, 11) is 0. The lowest BCUT2D eigenvalue weighted by molar-refractivity contribution is 0.676. The van der Waals surface area contributed by atoms with E-state index < -0.39 is 0 Å². The predicted octanol–water partition coefficient (Wildman–Crippen LogP) is 12.3. The molecule has 49 heavy (non-hydrogen) atoms. The molecule has 0 saturated carbocycles. The van der Waals surface area contributed by atoms with Crippen LogP contribution in [0.2, 0.25) is 0 Å². The zero-order chi connectivity index (χ0) is 32.1. The molecule has 4 nitrogen and oxygen atoms in total. The zero-order valence-corrected chi connectivity index (χ0v) is 26.9. The summed E-state index contributed by atoms with van der Waals surface area (Å²) in [5, 5.41) is 7.80. The number of nitrogens with zero attached hydrogens (tertiary/aromatic N) is 3. The first-order valence-electron chi connectivity index (χ1n) is 16.4. The molecule has 0 radical (unpaired) electrons. The van der Waals surface area contributed by atoms with E-state index in [1.807, 2.05) is 6.07 Å². The maximum Gasteiger partial charge on any atom is 0.235 e. The summed E-state index contributed by atoms with van der Waals surface area (Å²) in [5.41, 5.74) is 9.13. The number of rotatable bonds is 3. The number of thiophene rings is 1. The van der Waals surface area contributed by atoms with Gasteiger partial charge in [0.05, 0.1) is 32.3 Å². The Morgan fingerprint density at radius 2 is 1.18 bits per heavy atom. The highest BCUT2D eigenvalue weighted by molar-refractivity contribution is 7.26. The first-order valence-corrected chi connectivity index (χ1v) is 17.2. The number of aromatic nitrogens is 3. The molecule has 0 unspecified atom stereocenters. The summed E-state index contributed by atoms with van der Waals surface area (Å²) in [5.74, 6) is 0.642. The topological polar surface area (TPSA) is 43.9 Å². The Balaban J connectivity index is 1.30. The summed E-state index contributed by atoms with van der Waals surface area (Å²) in [6, 6.07) is 53.5. The van der Waals surface area contributed by atoms with Crippen LogP contribution in [0.1, 0.15) is 0 Å². The highest BCUT2D eigenvalue weighted by atomic mass is 32.1. The summed E-state index contributed by atoms with van der Waals surface area (Å²) in [6.45, 7) is 0. The maximum atomic E-state index is 6.94. The second-order valence-electron chi connectivity index (χ2n) is 12.5. The Kier molecular flexibility index (Phi) is 5.51. The Bertz CT molecular complexity index is 3100. The molecule has 5 heteroatoms. The van der Waals surface area contributed by atoms with E-state index in [-0.39, 0.29) is 0 Å². The summed E-state index contributed by atoms with van der Waals surface area (Å²) in [6.07, 6.45) is 0. The number of hydrogen-bond acceptors (Lipinski definition) is 4. The third-order valence-corrected chi connectivity index (χ3v) is 11.0. The van der Waals surface area contributed by atoms with Crippen molar-refractivity contribution in [2.45, 2.75) is 0 Å². The summed E-state index contributed by atoms with van der Waals surface area (Å²) in [4.78, 5) is 10.8. The maximum absolute atomic E-state index is 6.94. The smallest absolute Gasteiger partial charge is 0.235 e. The van der Waals surface area contributed by atoms with Crippen LogP contribution in [0.5, 0.6) is 0 Å². The molecule has 7 aromatic carbocycles. The van der Waals surface area contributed by atoms with Gasteiger partial charge < -0.3 is 4.42 Å². The highest BCUT2D eigenvalue weighted by Gasteiger charge is 2.23. The van der Waals surface area contributed by atoms with Gasteiger partial charge in [-0.05, 0) is 52.9 Å². The van der Waals surface area contributed by atoms with E-state index in [9.17, 15) is 0 Å². The largest absolute Gasteiger partial charge is 0.455 e. The lowest BCUT2D eigenvalue weighted by atomic mass is 10.0. The van der Waals surface area contributed by atoms with E-state index in [0.29, 0.717) is 5.95 Å². The quantitative estimate of drug-likeness (QED) is 0.192. The molecular formula is C44H25N3OS. The fourth-order valence-corrected chi connectivity index (χ4v) is 8.72. The zero-order valence-electron chi connectivity index (χ0n) is 26.1. The van der Waals surface area contributed by atoms with Gasteiger partial charge in [0, 0.05) is 37.2 Å². The number of furan rings is 1. The molecule has 0 spiro atoms. The van der Waals surface area contributed by atoms with Gasteiger partial charge in [-0.1, -0.05) is 115 Å². The predicted molar refractivity (Wildman–Crippen MR) is 205 cm³/mol. The van der Waals surface area contributed by atoms with Gasteiger partial charge in [-0.2, -0.15) is 0 Å². The summed E-state index contributed by atoms with van der Waals surface area (Å²) >= 11 is 1.75. The number of fused-ring (bicyclic) bond motifs is 12. The van der Waals surface area contributed by atoms with E-state index in [1.54, 1.807) is 11.3 Å². The molecule has 0 bridgehead atoms. The molecule has 228 valence electrons. The molecule has 11 rings (SSSR count). The second-order valence-corrected chi connectivity index (χ2v) is 13.6. The SMILES string of the molecule is c1ccc(-c2ccc3c(c2)c2c4oc5c6ccccc6ccc5c4ccc2n3-c2nc(-c3ccccc3)c3sc4ccccc4c3n2)cc1. The van der Waals surface area contributed by atoms with E-state index in [1.165, 1.54) is 10.3 Å². The average molecular weight is 644 g/mol. The van der Waals surface area contributed by atoms with Crippen LogP contribution in [-0.4, -0.2) is 14.5 Å². The van der Waals surface area contributed by atoms with Crippen molar-refractivity contribution >= 4 is 86.2 Å². The molecule has 0 aliphatic heterocycles. The molecule has 4 aromatic heterocycles. The van der Waals surface area contributed by atoms with Crippen molar-refractivity contribution in [3.8, 4) is 28.3 Å². The van der Waals surface area contributed by atoms with Crippen LogP contribution in [-0.2, 0) is 0 Å². The Morgan fingerprint density at radius 3 is 2.04 bits per heavy atom. The normalized spacial score (nSPS) is 12.1. The standard InChI is InChI=1S/C44H25N3OS/c1-3-11-26(12-4-1)29-20-23-35-34(25-29)38-36(24-22-32-31-21-19-27-13-7-8-16-30(27)41(31)48-42(32)38)47(35)44-45-39(28-14-5-2-6-15-28)43-40(46-44)33-17-9-10-18-37(33)49-43/h1-25H. The Morgan fingerprint density at radius 1 is 0.490 bits per heavy atom. The monoisotopic (exact) mass is 643 g/mol. The van der Waals surface area contributed by atoms with Crippen LogP contribution in [0.4, 0.5) is 0 Å². The van der Waals surface area contributed by atoms with E-state index in [4.69, 9.17) is 14.4 Å². The van der Waals surface area contributed by atoms with Crippen LogP contribution < -0.4 is 0 Å². The summed E-state index contributed by atoms with van der Waals surface area (Å²) < 4.78 is 11.5. The van der Waals surface area contributed by atoms with Crippen molar-refractivity contribution in [2.24, 2.45) is 0 Å². The van der Waals surface area contributed by atoms with Crippen LogP contribution in [0.3, 0.4) is 0 Å². The Hall–Kier alpha value is -6.30. The minimum absolute atomic E-state index is 0.642. The first-order chi connectivity index (χ1) is 24.3. The highest BCUT2D eigenvalue weighted by Crippen LogP contribution is 2.44. The fraction of sp³-hybridized carbons (Fsp3) is 0. The molecule has 0 aliphatic rings. The molecule has 0 fully saturated rings. The van der Waals surface area contributed by atoms with E-state index in [2.05, 4.69) is 150 Å².